The molecular formula is C27H27FN4O5. The molecule has 0 spiro atoms. The summed E-state index contributed by atoms with van der Waals surface area (Å²) in [6.45, 7) is 2.74. The van der Waals surface area contributed by atoms with Crippen molar-refractivity contribution < 1.29 is 28.5 Å². The van der Waals surface area contributed by atoms with Crippen LogP contribution < -0.4 is 14.2 Å². The fraction of sp³-hybridized carbons (Fsp3) is 0.333. The zero-order valence-corrected chi connectivity index (χ0v) is 20.6. The predicted molar refractivity (Wildman–Crippen MR) is 134 cm³/mol. The summed E-state index contributed by atoms with van der Waals surface area (Å²) in [7, 11) is 1.51. The van der Waals surface area contributed by atoms with Crippen LogP contribution in [-0.4, -0.2) is 71.1 Å². The number of hydrogen-bond donors (Lipinski definition) is 1. The van der Waals surface area contributed by atoms with E-state index in [0.29, 0.717) is 66.2 Å². The lowest BCUT2D eigenvalue weighted by molar-refractivity contribution is 0.0749. The van der Waals surface area contributed by atoms with Crippen LogP contribution in [0, 0.1) is 12.7 Å². The summed E-state index contributed by atoms with van der Waals surface area (Å²) in [5.74, 6) is 1.38. The molecule has 1 amide bonds. The maximum atomic E-state index is 13.2. The summed E-state index contributed by atoms with van der Waals surface area (Å²) in [4.78, 5) is 27.9. The maximum absolute atomic E-state index is 13.2. The van der Waals surface area contributed by atoms with Crippen molar-refractivity contribution in [2.45, 2.75) is 31.9 Å². The van der Waals surface area contributed by atoms with Crippen molar-refractivity contribution in [3.05, 3.63) is 59.7 Å². The number of benzene rings is 2. The summed E-state index contributed by atoms with van der Waals surface area (Å²) < 4.78 is 30.5. The molecule has 1 fully saturated rings. The number of fused-ring (bicyclic) bond motifs is 2. The summed E-state index contributed by atoms with van der Waals surface area (Å²) in [6, 6.07) is 10.9. The van der Waals surface area contributed by atoms with E-state index < -0.39 is 6.10 Å². The Hall–Kier alpha value is -4.05. The normalized spacial score (nSPS) is 18.3. The molecule has 2 aromatic carbocycles. The summed E-state index contributed by atoms with van der Waals surface area (Å²) in [6.07, 6.45) is 2.19. The number of aliphatic hydroxyl groups excluding tert-OH is 1. The second-order valence-electron chi connectivity index (χ2n) is 8.91. The lowest BCUT2D eigenvalue weighted by atomic mass is 10.1. The zero-order valence-electron chi connectivity index (χ0n) is 20.6. The second-order valence-corrected chi connectivity index (χ2v) is 8.91. The number of methoxy groups -OCH3 is 1. The minimum atomic E-state index is -0.547. The number of aliphatic imine (C=N–C) groups is 1. The molecule has 2 unspecified atom stereocenters. The number of nitrogens with zero attached hydrogens (tertiary/aromatic N) is 4. The molecule has 2 atom stereocenters. The minimum Gasteiger partial charge on any atom is -0.493 e. The number of aliphatic hydroxyl groups is 1. The Balaban J connectivity index is 1.21. The molecule has 1 N–H and O–H groups in total. The van der Waals surface area contributed by atoms with E-state index in [0.717, 1.165) is 5.56 Å². The Morgan fingerprint density at radius 1 is 1.08 bits per heavy atom. The summed E-state index contributed by atoms with van der Waals surface area (Å²) in [5, 5.41) is 9.93. The SMILES string of the molecule is COc1cc2c(cc1OCCCOc1cc(-c3ccc(F)cc3)nc(C)n1)N=CC1CC(O)CN1C2=O. The molecule has 3 aromatic rings. The number of aromatic nitrogens is 2. The lowest BCUT2D eigenvalue weighted by Crippen LogP contribution is -2.35. The fourth-order valence-corrected chi connectivity index (χ4v) is 4.44. The number of hydrogen-bond acceptors (Lipinski definition) is 8. The summed E-state index contributed by atoms with van der Waals surface area (Å²) >= 11 is 0. The van der Waals surface area contributed by atoms with Gasteiger partial charge in [0.25, 0.3) is 5.91 Å². The highest BCUT2D eigenvalue weighted by molar-refractivity contribution is 6.03. The van der Waals surface area contributed by atoms with Crippen molar-refractivity contribution in [3.63, 3.8) is 0 Å². The molecule has 0 bridgehead atoms. The molecule has 0 aliphatic carbocycles. The van der Waals surface area contributed by atoms with Crippen LogP contribution in [0.15, 0.2) is 47.5 Å². The zero-order chi connectivity index (χ0) is 25.9. The van der Waals surface area contributed by atoms with Crippen LogP contribution >= 0.6 is 0 Å². The average Bonchev–Trinajstić information content (AvgIpc) is 3.21. The van der Waals surface area contributed by atoms with Crippen molar-refractivity contribution >= 4 is 17.8 Å². The van der Waals surface area contributed by atoms with E-state index in [1.165, 1.54) is 19.2 Å². The summed E-state index contributed by atoms with van der Waals surface area (Å²) in [5.41, 5.74) is 2.34. The van der Waals surface area contributed by atoms with Crippen molar-refractivity contribution in [2.24, 2.45) is 4.99 Å². The molecule has 2 aliphatic rings. The largest absolute Gasteiger partial charge is 0.493 e. The Labute approximate surface area is 213 Å². The van der Waals surface area contributed by atoms with Crippen LogP contribution in [0.5, 0.6) is 17.4 Å². The third kappa shape index (κ3) is 5.39. The number of carbonyl (C=O) groups excluding carboxylic acids is 1. The molecule has 37 heavy (non-hydrogen) atoms. The van der Waals surface area contributed by atoms with E-state index in [1.807, 2.05) is 0 Å². The Morgan fingerprint density at radius 2 is 1.86 bits per heavy atom. The third-order valence-electron chi connectivity index (χ3n) is 6.23. The van der Waals surface area contributed by atoms with Crippen LogP contribution in [0.3, 0.4) is 0 Å². The van der Waals surface area contributed by atoms with E-state index in [2.05, 4.69) is 15.0 Å². The molecule has 1 aromatic heterocycles. The van der Waals surface area contributed by atoms with E-state index in [4.69, 9.17) is 14.2 Å². The molecular weight excluding hydrogens is 479 g/mol. The smallest absolute Gasteiger partial charge is 0.256 e. The number of carbonyl (C=O) groups is 1. The van der Waals surface area contributed by atoms with Gasteiger partial charge in [-0.1, -0.05) is 0 Å². The van der Waals surface area contributed by atoms with Gasteiger partial charge in [0, 0.05) is 43.3 Å². The molecule has 2 aliphatic heterocycles. The van der Waals surface area contributed by atoms with Gasteiger partial charge in [-0.05, 0) is 37.3 Å². The van der Waals surface area contributed by atoms with Crippen LogP contribution in [-0.2, 0) is 0 Å². The number of aryl methyl sites for hydroxylation is 1. The number of ether oxygens (including phenoxy) is 3. The van der Waals surface area contributed by atoms with E-state index in [1.54, 1.807) is 48.4 Å². The minimum absolute atomic E-state index is 0.188. The second kappa shape index (κ2) is 10.5. The average molecular weight is 507 g/mol. The van der Waals surface area contributed by atoms with Gasteiger partial charge in [-0.2, -0.15) is 4.98 Å². The molecule has 0 saturated carbocycles. The van der Waals surface area contributed by atoms with Crippen LogP contribution in [0.1, 0.15) is 29.0 Å². The van der Waals surface area contributed by atoms with E-state index in [-0.39, 0.29) is 24.3 Å². The highest BCUT2D eigenvalue weighted by Gasteiger charge is 2.36. The first kappa shape index (κ1) is 24.6. The molecule has 5 rings (SSSR count). The number of amides is 1. The highest BCUT2D eigenvalue weighted by atomic mass is 19.1. The lowest BCUT2D eigenvalue weighted by Gasteiger charge is -2.20. The molecule has 0 radical (unpaired) electrons. The Morgan fingerprint density at radius 3 is 2.65 bits per heavy atom. The fourth-order valence-electron chi connectivity index (χ4n) is 4.44. The van der Waals surface area contributed by atoms with Gasteiger partial charge >= 0.3 is 0 Å². The van der Waals surface area contributed by atoms with Crippen LogP contribution in [0.25, 0.3) is 11.3 Å². The molecule has 10 heteroatoms. The molecule has 192 valence electrons. The van der Waals surface area contributed by atoms with Crippen molar-refractivity contribution in [1.29, 1.82) is 0 Å². The van der Waals surface area contributed by atoms with Crippen LogP contribution in [0.2, 0.25) is 0 Å². The van der Waals surface area contributed by atoms with Gasteiger partial charge in [-0.25, -0.2) is 9.37 Å². The third-order valence-corrected chi connectivity index (χ3v) is 6.23. The molecule has 3 heterocycles. The van der Waals surface area contributed by atoms with Gasteiger partial charge in [-0.15, -0.1) is 0 Å². The number of halogens is 1. The van der Waals surface area contributed by atoms with Crippen molar-refractivity contribution in [3.8, 4) is 28.6 Å². The number of rotatable bonds is 8. The quantitative estimate of drug-likeness (QED) is 0.464. The molecule has 1 saturated heterocycles. The van der Waals surface area contributed by atoms with E-state index >= 15 is 0 Å². The van der Waals surface area contributed by atoms with Gasteiger partial charge in [0.1, 0.15) is 11.6 Å². The van der Waals surface area contributed by atoms with Gasteiger partial charge < -0.3 is 24.2 Å². The topological polar surface area (TPSA) is 106 Å². The first-order valence-electron chi connectivity index (χ1n) is 12.0. The van der Waals surface area contributed by atoms with Gasteiger partial charge in [0.2, 0.25) is 5.88 Å². The van der Waals surface area contributed by atoms with Gasteiger partial charge in [-0.3, -0.25) is 9.79 Å². The maximum Gasteiger partial charge on any atom is 0.256 e. The molecule has 9 nitrogen and oxygen atoms in total. The van der Waals surface area contributed by atoms with E-state index in [9.17, 15) is 14.3 Å². The first-order chi connectivity index (χ1) is 17.9. The van der Waals surface area contributed by atoms with Gasteiger partial charge in [0.05, 0.1) is 49.4 Å². The van der Waals surface area contributed by atoms with Gasteiger partial charge in [0.15, 0.2) is 11.5 Å². The first-order valence-corrected chi connectivity index (χ1v) is 12.0. The Bertz CT molecular complexity index is 1330. The van der Waals surface area contributed by atoms with Crippen molar-refractivity contribution in [1.82, 2.24) is 14.9 Å². The monoisotopic (exact) mass is 506 g/mol. The van der Waals surface area contributed by atoms with Crippen molar-refractivity contribution in [2.75, 3.05) is 26.9 Å². The highest BCUT2D eigenvalue weighted by Crippen LogP contribution is 2.38. The standard InChI is InChI=1S/C27H27FN4O5/c1-16-30-22(17-4-6-18(28)7-5-17)13-26(31-16)37-9-3-8-36-25-12-23-21(11-24(25)35-2)27(34)32-15-20(33)10-19(32)14-29-23/h4-7,11-14,19-20,33H,3,8-10,15H2,1-2H3. The van der Waals surface area contributed by atoms with Crippen LogP contribution in [0.4, 0.5) is 10.1 Å². The Kier molecular flexibility index (Phi) is 7.00. The predicted octanol–water partition coefficient (Wildman–Crippen LogP) is 3.74.